The zero-order valence-electron chi connectivity index (χ0n) is 15.7. The van der Waals surface area contributed by atoms with Gasteiger partial charge in [-0.2, -0.15) is 0 Å². The van der Waals surface area contributed by atoms with E-state index in [1.807, 2.05) is 19.9 Å². The highest BCUT2D eigenvalue weighted by atomic mass is 32.1. The van der Waals surface area contributed by atoms with E-state index < -0.39 is 6.04 Å². The molecular weight excluding hydrogens is 360 g/mol. The fourth-order valence-corrected chi connectivity index (χ4v) is 4.29. The summed E-state index contributed by atoms with van der Waals surface area (Å²) in [5, 5.41) is 5.96. The summed E-state index contributed by atoms with van der Waals surface area (Å²) in [6, 6.07) is 9.91. The number of nitrogens with zero attached hydrogens (tertiary/aromatic N) is 1. The van der Waals surface area contributed by atoms with Gasteiger partial charge in [-0.25, -0.2) is 4.98 Å². The van der Waals surface area contributed by atoms with Crippen LogP contribution in [0.15, 0.2) is 30.3 Å². The largest absolute Gasteiger partial charge is 0.346 e. The molecule has 2 amide bonds. The number of hydrogen-bond donors (Lipinski definition) is 3. The van der Waals surface area contributed by atoms with Crippen molar-refractivity contribution in [2.75, 3.05) is 11.9 Å². The summed E-state index contributed by atoms with van der Waals surface area (Å²) in [6.45, 7) is 3.64. The molecule has 3 rings (SSSR count). The van der Waals surface area contributed by atoms with Crippen LogP contribution in [0.1, 0.15) is 42.3 Å². The molecule has 2 atom stereocenters. The van der Waals surface area contributed by atoms with Gasteiger partial charge in [-0.15, -0.1) is 11.3 Å². The summed E-state index contributed by atoms with van der Waals surface area (Å²) in [6.07, 6.45) is 2.94. The van der Waals surface area contributed by atoms with Crippen molar-refractivity contribution >= 4 is 28.3 Å². The lowest BCUT2D eigenvalue weighted by Gasteiger charge is -2.21. The molecule has 7 heteroatoms. The van der Waals surface area contributed by atoms with Gasteiger partial charge in [-0.1, -0.05) is 44.2 Å². The number of nitrogens with two attached hydrogens (primary N) is 1. The number of carbonyl (C=O) groups excluding carboxylic acids is 2. The van der Waals surface area contributed by atoms with Crippen LogP contribution < -0.4 is 16.4 Å². The van der Waals surface area contributed by atoms with Crippen molar-refractivity contribution < 1.29 is 9.59 Å². The van der Waals surface area contributed by atoms with Crippen LogP contribution in [-0.4, -0.2) is 29.4 Å². The Morgan fingerprint density at radius 3 is 2.74 bits per heavy atom. The summed E-state index contributed by atoms with van der Waals surface area (Å²) >= 11 is 1.53. The molecule has 144 valence electrons. The van der Waals surface area contributed by atoms with Gasteiger partial charge in [0.2, 0.25) is 11.8 Å². The lowest BCUT2D eigenvalue weighted by Crippen LogP contribution is -2.46. The number of amides is 2. The van der Waals surface area contributed by atoms with E-state index in [-0.39, 0.29) is 24.3 Å². The molecular formula is C20H26N4O2S. The van der Waals surface area contributed by atoms with E-state index in [9.17, 15) is 9.59 Å². The molecule has 0 saturated carbocycles. The Hall–Kier alpha value is -2.25. The number of rotatable bonds is 6. The number of anilines is 1. The first-order chi connectivity index (χ1) is 12.9. The van der Waals surface area contributed by atoms with Gasteiger partial charge in [0.1, 0.15) is 0 Å². The van der Waals surface area contributed by atoms with Gasteiger partial charge in [-0.3, -0.25) is 9.59 Å². The minimum Gasteiger partial charge on any atom is -0.346 e. The fourth-order valence-electron chi connectivity index (χ4n) is 3.19. The molecule has 27 heavy (non-hydrogen) atoms. The molecule has 0 spiro atoms. The number of aromatic nitrogens is 1. The van der Waals surface area contributed by atoms with Crippen LogP contribution in [0.4, 0.5) is 5.13 Å². The van der Waals surface area contributed by atoms with E-state index in [4.69, 9.17) is 5.73 Å². The highest BCUT2D eigenvalue weighted by Gasteiger charge is 2.24. The quantitative estimate of drug-likeness (QED) is 0.710. The number of carbonyl (C=O) groups is 2. The summed E-state index contributed by atoms with van der Waals surface area (Å²) in [7, 11) is 0. The van der Waals surface area contributed by atoms with E-state index >= 15 is 0 Å². The first-order valence-corrected chi connectivity index (χ1v) is 10.1. The fraction of sp³-hybridized carbons (Fsp3) is 0.450. The maximum atomic E-state index is 12.1. The summed E-state index contributed by atoms with van der Waals surface area (Å²) < 4.78 is 0. The summed E-state index contributed by atoms with van der Waals surface area (Å²) in [5.41, 5.74) is 8.20. The summed E-state index contributed by atoms with van der Waals surface area (Å²) in [4.78, 5) is 29.7. The molecule has 1 aliphatic rings. The zero-order chi connectivity index (χ0) is 19.4. The van der Waals surface area contributed by atoms with Crippen molar-refractivity contribution in [3.05, 3.63) is 46.5 Å². The average Bonchev–Trinajstić information content (AvgIpc) is 3.07. The van der Waals surface area contributed by atoms with Crippen molar-refractivity contribution in [2.24, 2.45) is 11.7 Å². The van der Waals surface area contributed by atoms with Gasteiger partial charge >= 0.3 is 0 Å². The van der Waals surface area contributed by atoms with Crippen LogP contribution in [0, 0.1) is 5.92 Å². The van der Waals surface area contributed by atoms with E-state index in [1.54, 1.807) is 0 Å². The van der Waals surface area contributed by atoms with Gasteiger partial charge < -0.3 is 16.4 Å². The van der Waals surface area contributed by atoms with Crippen LogP contribution in [0.25, 0.3) is 0 Å². The van der Waals surface area contributed by atoms with Gasteiger partial charge in [0.15, 0.2) is 5.13 Å². The van der Waals surface area contributed by atoms with Crippen LogP contribution in [0.5, 0.6) is 0 Å². The minimum absolute atomic E-state index is 0.0244. The molecule has 1 aromatic carbocycles. The maximum absolute atomic E-state index is 12.1. The third-order valence-electron chi connectivity index (χ3n) is 4.90. The SMILES string of the molecule is CC(C)[C@H](N)C(=O)NCC(=O)Nc1nc2c(s1)CC(c1ccccc1)CC2. The molecule has 6 nitrogen and oxygen atoms in total. The Kier molecular flexibility index (Phi) is 6.23. The second-order valence-electron chi connectivity index (χ2n) is 7.28. The van der Waals surface area contributed by atoms with Crippen molar-refractivity contribution in [1.82, 2.24) is 10.3 Å². The Bertz CT molecular complexity index is 804. The number of fused-ring (bicyclic) bond motifs is 1. The Morgan fingerprint density at radius 2 is 2.04 bits per heavy atom. The second-order valence-corrected chi connectivity index (χ2v) is 8.36. The smallest absolute Gasteiger partial charge is 0.245 e. The standard InChI is InChI=1S/C20H26N4O2S/c1-12(2)18(21)19(26)22-11-17(25)24-20-23-15-9-8-14(10-16(15)27-20)13-6-4-3-5-7-13/h3-7,12,14,18H,8-11,21H2,1-2H3,(H,22,26)(H,23,24,25)/t14?,18-/m0/s1. The maximum Gasteiger partial charge on any atom is 0.245 e. The Balaban J connectivity index is 1.55. The average molecular weight is 387 g/mol. The Labute approximate surface area is 163 Å². The first-order valence-electron chi connectivity index (χ1n) is 9.30. The molecule has 1 aromatic heterocycles. The van der Waals surface area contributed by atoms with Crippen molar-refractivity contribution in [1.29, 1.82) is 0 Å². The monoisotopic (exact) mass is 386 g/mol. The van der Waals surface area contributed by atoms with E-state index in [1.165, 1.54) is 21.8 Å². The van der Waals surface area contributed by atoms with Crippen LogP contribution in [0.2, 0.25) is 0 Å². The molecule has 0 bridgehead atoms. The number of hydrogen-bond acceptors (Lipinski definition) is 5. The molecule has 0 aliphatic heterocycles. The first kappa shape index (κ1) is 19.5. The van der Waals surface area contributed by atoms with E-state index in [0.717, 1.165) is 25.0 Å². The van der Waals surface area contributed by atoms with Gasteiger partial charge in [0, 0.05) is 4.88 Å². The predicted octanol–water partition coefficient (Wildman–Crippen LogP) is 2.45. The number of nitrogens with one attached hydrogen (secondary N) is 2. The lowest BCUT2D eigenvalue weighted by atomic mass is 9.85. The molecule has 0 fully saturated rings. The van der Waals surface area contributed by atoms with Gasteiger partial charge in [-0.05, 0) is 36.7 Å². The molecule has 1 heterocycles. The molecule has 2 aromatic rings. The molecule has 1 unspecified atom stereocenters. The summed E-state index contributed by atoms with van der Waals surface area (Å²) in [5.74, 6) is -0.0786. The van der Waals surface area contributed by atoms with Crippen LogP contribution >= 0.6 is 11.3 Å². The third kappa shape index (κ3) is 4.93. The van der Waals surface area contributed by atoms with Crippen molar-refractivity contribution in [2.45, 2.75) is 45.1 Å². The molecule has 0 saturated heterocycles. The highest BCUT2D eigenvalue weighted by Crippen LogP contribution is 2.36. The molecule has 4 N–H and O–H groups in total. The number of benzene rings is 1. The van der Waals surface area contributed by atoms with Crippen molar-refractivity contribution in [3.8, 4) is 0 Å². The minimum atomic E-state index is -0.611. The molecule has 1 aliphatic carbocycles. The molecule has 0 radical (unpaired) electrons. The topological polar surface area (TPSA) is 97.1 Å². The van der Waals surface area contributed by atoms with Gasteiger partial charge in [0.05, 0.1) is 18.3 Å². The third-order valence-corrected chi connectivity index (χ3v) is 5.94. The number of thiazole rings is 1. The predicted molar refractivity (Wildman–Crippen MR) is 108 cm³/mol. The van der Waals surface area contributed by atoms with Crippen LogP contribution in [0.3, 0.4) is 0 Å². The van der Waals surface area contributed by atoms with Crippen LogP contribution in [-0.2, 0) is 22.4 Å². The van der Waals surface area contributed by atoms with E-state index in [0.29, 0.717) is 11.0 Å². The number of aryl methyl sites for hydroxylation is 1. The normalized spacial score (nSPS) is 17.3. The van der Waals surface area contributed by atoms with E-state index in [2.05, 4.69) is 39.9 Å². The lowest BCUT2D eigenvalue weighted by molar-refractivity contribution is -0.125. The van der Waals surface area contributed by atoms with Gasteiger partial charge in [0.25, 0.3) is 0 Å². The van der Waals surface area contributed by atoms with Crippen molar-refractivity contribution in [3.63, 3.8) is 0 Å². The second kappa shape index (κ2) is 8.63. The Morgan fingerprint density at radius 1 is 1.30 bits per heavy atom. The zero-order valence-corrected chi connectivity index (χ0v) is 16.5. The highest BCUT2D eigenvalue weighted by molar-refractivity contribution is 7.15.